The quantitative estimate of drug-likeness (QED) is 0.0589. The van der Waals surface area contributed by atoms with Crippen LogP contribution in [0, 0.1) is 56.3 Å². The van der Waals surface area contributed by atoms with Crippen molar-refractivity contribution in [2.45, 2.75) is 152 Å². The van der Waals surface area contributed by atoms with Crippen LogP contribution in [0.5, 0.6) is 0 Å². The van der Waals surface area contributed by atoms with Crippen molar-refractivity contribution in [2.24, 2.45) is 35.5 Å². The van der Waals surface area contributed by atoms with Crippen molar-refractivity contribution in [1.29, 1.82) is 0 Å². The Labute approximate surface area is 404 Å². The number of fused-ring (bicyclic) bond motifs is 8. The molecule has 0 aromatic carbocycles. The van der Waals surface area contributed by atoms with Crippen LogP contribution in [-0.4, -0.2) is 69.8 Å². The molecule has 3 aromatic heterocycles. The monoisotopic (exact) mass is 897 g/mol. The predicted molar refractivity (Wildman–Crippen MR) is 268 cm³/mol. The van der Waals surface area contributed by atoms with E-state index < -0.39 is 17.9 Å². The van der Waals surface area contributed by atoms with Gasteiger partial charge in [0, 0.05) is 39.3 Å². The molecule has 348 valence electrons. The number of aromatic nitrogens is 3. The van der Waals surface area contributed by atoms with Gasteiger partial charge in [0.05, 0.1) is 7.11 Å². The molecule has 0 spiro atoms. The standard InChI is InChI=1S/C55H76N4O5.Mg/c1-13-39-35(8)42-28-44-37(10)41(24-25-48(60)64-27-26-34(7)23-17-22-33(6)21-16-20-32(5)19-15-18-31(3)4)52(58-44)50-51(55(62)63-12)54(61)49-38(11)45(59-53(49)50)30-47-40(14-2)36(9)43(57-47)29-46(39)56-42;/h13,26,28-33,37,41,51-52,56-57,61H,1,14-25,27H2,2-12H3;/q-2;+2/b34-26+,43-29-,44-28-,47-30-;/t32-,33-,37+,41+,51-,52?;/m1./s1. The number of H-pyrrole nitrogens is 2. The molecule has 3 aromatic rings. The smallest absolute Gasteiger partial charge is 0.681 e. The number of ether oxygens (including phenoxy) is 2. The zero-order chi connectivity index (χ0) is 46.4. The summed E-state index contributed by atoms with van der Waals surface area (Å²) in [5.41, 5.74) is 10.4. The molecule has 0 amide bonds. The number of hydrogen-bond acceptors (Lipinski definition) is 5. The first kappa shape index (κ1) is 51.8. The van der Waals surface area contributed by atoms with E-state index in [1.165, 1.54) is 63.2 Å². The summed E-state index contributed by atoms with van der Waals surface area (Å²) in [4.78, 5) is 39.6. The van der Waals surface area contributed by atoms with Gasteiger partial charge in [-0.25, -0.2) is 0 Å². The van der Waals surface area contributed by atoms with Gasteiger partial charge in [-0.15, -0.1) is 11.0 Å². The van der Waals surface area contributed by atoms with Crippen LogP contribution in [0.25, 0.3) is 41.0 Å². The number of carbonyl (C=O) groups is 2. The molecule has 65 heavy (non-hydrogen) atoms. The minimum Gasteiger partial charge on any atom is -0.681 e. The fourth-order valence-corrected chi connectivity index (χ4v) is 10.5. The number of hydrogen-bond donors (Lipinski definition) is 3. The minimum absolute atomic E-state index is 0. The van der Waals surface area contributed by atoms with E-state index in [1.54, 1.807) is 0 Å². The molecule has 6 rings (SSSR count). The molecule has 10 heteroatoms. The Bertz CT molecular complexity index is 2510. The Morgan fingerprint density at radius 2 is 1.57 bits per heavy atom. The van der Waals surface area contributed by atoms with Crippen LogP contribution < -0.4 is 26.3 Å². The van der Waals surface area contributed by atoms with E-state index in [0.29, 0.717) is 28.3 Å². The first-order valence-corrected chi connectivity index (χ1v) is 24.3. The van der Waals surface area contributed by atoms with Gasteiger partial charge in [0.25, 0.3) is 0 Å². The van der Waals surface area contributed by atoms with Crippen LogP contribution >= 0.6 is 0 Å². The number of aromatic amines is 2. The second-order valence-electron chi connectivity index (χ2n) is 19.8. The number of aliphatic hydroxyl groups is 1. The molecule has 9 nitrogen and oxygen atoms in total. The van der Waals surface area contributed by atoms with E-state index in [2.05, 4.69) is 91.0 Å². The summed E-state index contributed by atoms with van der Waals surface area (Å²) < 4.78 is 11.1. The van der Waals surface area contributed by atoms with Crippen molar-refractivity contribution in [3.05, 3.63) is 95.4 Å². The molecule has 5 heterocycles. The Balaban J connectivity index is 0.00000793. The van der Waals surface area contributed by atoms with Crippen molar-refractivity contribution in [3.8, 4) is 0 Å². The third kappa shape index (κ3) is 11.7. The summed E-state index contributed by atoms with van der Waals surface area (Å²) in [5.74, 6) is 0.103. The van der Waals surface area contributed by atoms with Crippen molar-refractivity contribution in [3.63, 3.8) is 0 Å². The summed E-state index contributed by atoms with van der Waals surface area (Å²) in [6.07, 6.45) is 23.0. The molecule has 0 radical (unpaired) electrons. The Hall–Kier alpha value is -4.15. The Kier molecular flexibility index (Phi) is 18.4. The molecule has 3 aliphatic rings. The largest absolute Gasteiger partial charge is 2.00 e. The average molecular weight is 898 g/mol. The molecule has 1 unspecified atom stereocenters. The fourth-order valence-electron chi connectivity index (χ4n) is 10.5. The minimum atomic E-state index is -1.06. The summed E-state index contributed by atoms with van der Waals surface area (Å²) in [6.45, 7) is 26.4. The van der Waals surface area contributed by atoms with Gasteiger partial charge in [-0.1, -0.05) is 134 Å². The van der Waals surface area contributed by atoms with E-state index in [-0.39, 0.29) is 59.6 Å². The van der Waals surface area contributed by atoms with Gasteiger partial charge in [0.15, 0.2) is 0 Å². The third-order valence-corrected chi connectivity index (χ3v) is 14.6. The molecule has 1 saturated heterocycles. The molecule has 8 bridgehead atoms. The number of esters is 2. The Morgan fingerprint density at radius 1 is 0.892 bits per heavy atom. The molecule has 1 aliphatic carbocycles. The number of allylic oxidation sites excluding steroid dienone is 2. The van der Waals surface area contributed by atoms with Gasteiger partial charge in [-0.2, -0.15) is 5.70 Å². The molecule has 1 fully saturated rings. The topological polar surface area (TPSA) is 133 Å². The van der Waals surface area contributed by atoms with Gasteiger partial charge in [-0.3, -0.25) is 9.59 Å². The van der Waals surface area contributed by atoms with Crippen LogP contribution in [0.4, 0.5) is 0 Å². The number of aliphatic hydroxyl groups excluding tert-OH is 1. The molecule has 3 N–H and O–H groups in total. The van der Waals surface area contributed by atoms with Gasteiger partial charge < -0.3 is 34.8 Å². The van der Waals surface area contributed by atoms with Crippen molar-refractivity contribution >= 4 is 70.6 Å². The second kappa shape index (κ2) is 23.0. The van der Waals surface area contributed by atoms with Gasteiger partial charge >= 0.3 is 35.0 Å². The van der Waals surface area contributed by atoms with Crippen molar-refractivity contribution in [2.75, 3.05) is 13.7 Å². The van der Waals surface area contributed by atoms with Crippen molar-refractivity contribution < 1.29 is 24.2 Å². The van der Waals surface area contributed by atoms with Crippen LogP contribution in [0.2, 0.25) is 0 Å². The molecule has 6 atom stereocenters. The summed E-state index contributed by atoms with van der Waals surface area (Å²) >= 11 is 0. The molecule has 2 aliphatic heterocycles. The van der Waals surface area contributed by atoms with E-state index in [0.717, 1.165) is 87.1 Å². The predicted octanol–water partition coefficient (Wildman–Crippen LogP) is 9.40. The second-order valence-corrected chi connectivity index (χ2v) is 19.8. The zero-order valence-electron chi connectivity index (χ0n) is 41.5. The number of rotatable bonds is 20. The SMILES string of the molecule is C=Cc1c2[nH]c(c1C)/C=C1\[N-]C(C3=c4[n-]c(c(C)c4=C(O)[C@@H]3C(=O)OC)/C=c3\[nH]/c(c(C)c3CC)=C\2)[C@@H](CCC(=O)OC/C=C(\C)CCC[C@H](C)CCC[C@H](C)CCCC(C)C)[C@@H]1C.[Mg+2]. The number of carbonyl (C=O) groups excluding carboxylic acids is 2. The number of nitrogens with zero attached hydrogens (tertiary/aromatic N) is 2. The summed E-state index contributed by atoms with van der Waals surface area (Å²) in [5, 5.41) is 20.4. The molecular weight excluding hydrogens is 821 g/mol. The fraction of sp³-hybridized carbons (Fsp3) is 0.564. The van der Waals surface area contributed by atoms with E-state index in [4.69, 9.17) is 19.8 Å². The van der Waals surface area contributed by atoms with E-state index in [1.807, 2.05) is 25.2 Å². The van der Waals surface area contributed by atoms with E-state index in [9.17, 15) is 14.7 Å². The number of methoxy groups -OCH3 is 1. The molecule has 0 saturated carbocycles. The average Bonchev–Trinajstić information content (AvgIpc) is 3.99. The molecular formula is C55H76MgN4O5. The summed E-state index contributed by atoms with van der Waals surface area (Å²) in [6, 6.07) is -0.551. The Morgan fingerprint density at radius 3 is 2.22 bits per heavy atom. The van der Waals surface area contributed by atoms with Crippen LogP contribution in [0.1, 0.15) is 164 Å². The van der Waals surface area contributed by atoms with Crippen LogP contribution in [-0.2, 0) is 25.5 Å². The van der Waals surface area contributed by atoms with Crippen LogP contribution in [0.15, 0.2) is 23.9 Å². The van der Waals surface area contributed by atoms with Crippen molar-refractivity contribution in [1.82, 2.24) is 15.0 Å². The summed E-state index contributed by atoms with van der Waals surface area (Å²) in [7, 11) is 1.34. The first-order valence-electron chi connectivity index (χ1n) is 24.3. The van der Waals surface area contributed by atoms with Gasteiger partial charge in [0.1, 0.15) is 18.3 Å². The zero-order valence-corrected chi connectivity index (χ0v) is 42.9. The maximum atomic E-state index is 13.6. The van der Waals surface area contributed by atoms with Gasteiger partial charge in [0.2, 0.25) is 0 Å². The van der Waals surface area contributed by atoms with Crippen LogP contribution in [0.3, 0.4) is 0 Å². The third-order valence-electron chi connectivity index (χ3n) is 14.6. The first-order chi connectivity index (χ1) is 30.6. The normalized spacial score (nSPS) is 21.7. The van der Waals surface area contributed by atoms with Gasteiger partial charge in [-0.05, 0) is 112 Å². The number of nitrogens with one attached hydrogen (secondary N) is 2. The maximum absolute atomic E-state index is 13.6. The van der Waals surface area contributed by atoms with E-state index >= 15 is 0 Å². The maximum Gasteiger partial charge on any atom is 2.00 e.